The molecule has 0 saturated heterocycles. The van der Waals surface area contributed by atoms with E-state index < -0.39 is 0 Å². The van der Waals surface area contributed by atoms with Crippen LogP contribution in [-0.4, -0.2) is 29.2 Å². The minimum absolute atomic E-state index is 0.184. The molecule has 0 aliphatic heterocycles. The van der Waals surface area contributed by atoms with Crippen molar-refractivity contribution in [3.63, 3.8) is 0 Å². The van der Waals surface area contributed by atoms with Crippen molar-refractivity contribution in [3.05, 3.63) is 23.9 Å². The van der Waals surface area contributed by atoms with Gasteiger partial charge >= 0.3 is 0 Å². The highest BCUT2D eigenvalue weighted by Crippen LogP contribution is 2.14. The number of ether oxygens (including phenoxy) is 1. The molecule has 88 valence electrons. The summed E-state index contributed by atoms with van der Waals surface area (Å²) in [5.74, 6) is 0.743. The zero-order chi connectivity index (χ0) is 12.2. The molecule has 0 saturated carbocycles. The van der Waals surface area contributed by atoms with Gasteiger partial charge in [-0.3, -0.25) is 0 Å². The fraction of sp³-hybridized carbons (Fsp3) is 0.455. The highest BCUT2D eigenvalue weighted by molar-refractivity contribution is 7.80. The third-order valence-corrected chi connectivity index (χ3v) is 2.25. The van der Waals surface area contributed by atoms with Crippen LogP contribution in [0.5, 0.6) is 0 Å². The molecule has 5 heteroatoms. The molecule has 0 fully saturated rings. The van der Waals surface area contributed by atoms with Gasteiger partial charge in [0.15, 0.2) is 0 Å². The maximum Gasteiger partial charge on any atom is 0.127 e. The van der Waals surface area contributed by atoms with Crippen molar-refractivity contribution >= 4 is 23.0 Å². The predicted octanol–water partition coefficient (Wildman–Crippen LogP) is 1.55. The van der Waals surface area contributed by atoms with Crippen molar-refractivity contribution in [1.82, 2.24) is 4.98 Å². The molecule has 4 nitrogen and oxygen atoms in total. The van der Waals surface area contributed by atoms with Crippen molar-refractivity contribution in [3.8, 4) is 0 Å². The molecule has 0 bridgehead atoms. The van der Waals surface area contributed by atoms with Gasteiger partial charge in [0.05, 0.1) is 12.1 Å². The molecule has 0 aromatic carbocycles. The summed E-state index contributed by atoms with van der Waals surface area (Å²) >= 11 is 4.91. The van der Waals surface area contributed by atoms with E-state index in [-0.39, 0.29) is 5.54 Å². The Hall–Kier alpha value is -1.20. The van der Waals surface area contributed by atoms with E-state index in [0.29, 0.717) is 11.6 Å². The lowest BCUT2D eigenvalue weighted by atomic mass is 10.1. The van der Waals surface area contributed by atoms with E-state index in [9.17, 15) is 0 Å². The van der Waals surface area contributed by atoms with E-state index >= 15 is 0 Å². The van der Waals surface area contributed by atoms with Crippen LogP contribution in [0.15, 0.2) is 18.3 Å². The summed E-state index contributed by atoms with van der Waals surface area (Å²) in [6.07, 6.45) is 1.68. The fourth-order valence-corrected chi connectivity index (χ4v) is 1.52. The Kier molecular flexibility index (Phi) is 4.20. The molecule has 0 spiro atoms. The number of rotatable bonds is 5. The van der Waals surface area contributed by atoms with Crippen LogP contribution in [0.1, 0.15) is 19.4 Å². The van der Waals surface area contributed by atoms with Crippen molar-refractivity contribution in [2.24, 2.45) is 5.73 Å². The number of thiocarbonyl (C=S) groups is 1. The Morgan fingerprint density at radius 2 is 2.31 bits per heavy atom. The number of methoxy groups -OCH3 is 1. The molecule has 1 aromatic heterocycles. The summed E-state index contributed by atoms with van der Waals surface area (Å²) < 4.78 is 5.12. The Morgan fingerprint density at radius 1 is 1.62 bits per heavy atom. The third-order valence-electron chi connectivity index (χ3n) is 2.02. The number of pyridine rings is 1. The summed E-state index contributed by atoms with van der Waals surface area (Å²) in [6.45, 7) is 4.66. The fourth-order valence-electron chi connectivity index (χ4n) is 1.40. The van der Waals surface area contributed by atoms with Crippen LogP contribution in [-0.2, 0) is 4.74 Å². The van der Waals surface area contributed by atoms with E-state index in [0.717, 1.165) is 11.4 Å². The quantitative estimate of drug-likeness (QED) is 0.763. The molecular weight excluding hydrogens is 222 g/mol. The van der Waals surface area contributed by atoms with Crippen LogP contribution in [0.4, 0.5) is 5.82 Å². The van der Waals surface area contributed by atoms with Gasteiger partial charge in [0, 0.05) is 18.9 Å². The van der Waals surface area contributed by atoms with E-state index in [2.05, 4.69) is 10.3 Å². The van der Waals surface area contributed by atoms with Gasteiger partial charge in [0.2, 0.25) is 0 Å². The van der Waals surface area contributed by atoms with Gasteiger partial charge in [0.1, 0.15) is 10.8 Å². The van der Waals surface area contributed by atoms with Crippen LogP contribution in [0.2, 0.25) is 0 Å². The molecule has 16 heavy (non-hydrogen) atoms. The van der Waals surface area contributed by atoms with Crippen molar-refractivity contribution in [2.45, 2.75) is 19.4 Å². The molecule has 0 atom stereocenters. The standard InChI is InChI=1S/C11H17N3OS/c1-11(2,7-15-3)14-9-6-8(10(12)16)4-5-13-9/h4-6H,7H2,1-3H3,(H2,12,16)(H,13,14). The maximum atomic E-state index is 5.56. The zero-order valence-corrected chi connectivity index (χ0v) is 10.6. The lowest BCUT2D eigenvalue weighted by Gasteiger charge is -2.26. The van der Waals surface area contributed by atoms with E-state index in [1.54, 1.807) is 19.4 Å². The second kappa shape index (κ2) is 5.23. The first-order chi connectivity index (χ1) is 7.44. The smallest absolute Gasteiger partial charge is 0.127 e. The van der Waals surface area contributed by atoms with Crippen LogP contribution < -0.4 is 11.1 Å². The number of nitrogens with two attached hydrogens (primary N) is 1. The van der Waals surface area contributed by atoms with Crippen LogP contribution >= 0.6 is 12.2 Å². The minimum atomic E-state index is -0.184. The SMILES string of the molecule is COCC(C)(C)Nc1cc(C(N)=S)ccn1. The van der Waals surface area contributed by atoms with Crippen molar-refractivity contribution in [1.29, 1.82) is 0 Å². The Labute approximate surface area is 101 Å². The summed E-state index contributed by atoms with van der Waals surface area (Å²) in [4.78, 5) is 4.58. The van der Waals surface area contributed by atoms with Gasteiger partial charge in [-0.1, -0.05) is 12.2 Å². The first-order valence-electron chi connectivity index (χ1n) is 4.97. The zero-order valence-electron chi connectivity index (χ0n) is 9.78. The van der Waals surface area contributed by atoms with Crippen molar-refractivity contribution < 1.29 is 4.74 Å². The average molecular weight is 239 g/mol. The molecule has 1 aromatic rings. The number of hydrogen-bond acceptors (Lipinski definition) is 4. The van der Waals surface area contributed by atoms with Crippen molar-refractivity contribution in [2.75, 3.05) is 19.0 Å². The van der Waals surface area contributed by atoms with Gasteiger partial charge in [-0.25, -0.2) is 4.98 Å². The number of anilines is 1. The van der Waals surface area contributed by atoms with Gasteiger partial charge in [-0.05, 0) is 26.0 Å². The summed E-state index contributed by atoms with van der Waals surface area (Å²) in [6, 6.07) is 3.62. The Morgan fingerprint density at radius 3 is 2.88 bits per heavy atom. The van der Waals surface area contributed by atoms with E-state index in [1.807, 2.05) is 19.9 Å². The molecule has 0 aliphatic carbocycles. The molecule has 0 radical (unpaired) electrons. The topological polar surface area (TPSA) is 60.2 Å². The van der Waals surface area contributed by atoms with Gasteiger partial charge in [-0.2, -0.15) is 0 Å². The molecule has 0 aliphatic rings. The number of nitrogens with zero attached hydrogens (tertiary/aromatic N) is 1. The lowest BCUT2D eigenvalue weighted by molar-refractivity contribution is 0.158. The summed E-state index contributed by atoms with van der Waals surface area (Å²) in [7, 11) is 1.67. The maximum absolute atomic E-state index is 5.56. The molecule has 1 heterocycles. The van der Waals surface area contributed by atoms with Gasteiger partial charge < -0.3 is 15.8 Å². The summed E-state index contributed by atoms with van der Waals surface area (Å²) in [5.41, 5.74) is 6.18. The first kappa shape index (κ1) is 12.9. The van der Waals surface area contributed by atoms with Gasteiger partial charge in [-0.15, -0.1) is 0 Å². The number of nitrogens with one attached hydrogen (secondary N) is 1. The molecule has 1 rings (SSSR count). The lowest BCUT2D eigenvalue weighted by Crippen LogP contribution is -2.36. The second-order valence-corrected chi connectivity index (χ2v) is 4.68. The van der Waals surface area contributed by atoms with E-state index in [1.165, 1.54) is 0 Å². The number of aromatic nitrogens is 1. The molecule has 0 amide bonds. The Bertz CT molecular complexity index is 379. The summed E-state index contributed by atoms with van der Waals surface area (Å²) in [5, 5.41) is 3.26. The highest BCUT2D eigenvalue weighted by atomic mass is 32.1. The molecule has 3 N–H and O–H groups in total. The highest BCUT2D eigenvalue weighted by Gasteiger charge is 2.17. The van der Waals surface area contributed by atoms with Crippen LogP contribution in [0.3, 0.4) is 0 Å². The molecule has 0 unspecified atom stereocenters. The third kappa shape index (κ3) is 3.75. The normalized spacial score (nSPS) is 11.2. The predicted molar refractivity (Wildman–Crippen MR) is 69.7 cm³/mol. The van der Waals surface area contributed by atoms with Crippen LogP contribution in [0, 0.1) is 0 Å². The molecular formula is C11H17N3OS. The minimum Gasteiger partial charge on any atom is -0.389 e. The second-order valence-electron chi connectivity index (χ2n) is 4.24. The Balaban J connectivity index is 2.81. The number of hydrogen-bond donors (Lipinski definition) is 2. The first-order valence-corrected chi connectivity index (χ1v) is 5.38. The largest absolute Gasteiger partial charge is 0.389 e. The van der Waals surface area contributed by atoms with Crippen LogP contribution in [0.25, 0.3) is 0 Å². The van der Waals surface area contributed by atoms with Gasteiger partial charge in [0.25, 0.3) is 0 Å². The monoisotopic (exact) mass is 239 g/mol. The average Bonchev–Trinajstić information content (AvgIpc) is 2.17. The van der Waals surface area contributed by atoms with E-state index in [4.69, 9.17) is 22.7 Å².